The standard InChI is InChI=1S/C21H20ClN5O4/c22-16-7-13(12-4-2-1-3-5-12)6-15(19(16)28)21(30)24-8-14-10-31-11-18(14)27-9-17(20(23)29)25-26-27/h1-7,9,14,18,28H,8,10-11H2,(H2,23,29)(H,24,30)/t14-,18-/m1/s1. The molecule has 3 aromatic rings. The Balaban J connectivity index is 1.49. The maximum Gasteiger partial charge on any atom is 0.270 e. The molecule has 1 saturated heterocycles. The van der Waals surface area contributed by atoms with Crippen molar-refractivity contribution in [1.29, 1.82) is 0 Å². The van der Waals surface area contributed by atoms with Gasteiger partial charge in [0.05, 0.1) is 36.0 Å². The molecule has 2 atom stereocenters. The molecule has 2 aromatic carbocycles. The largest absolute Gasteiger partial charge is 0.506 e. The predicted molar refractivity (Wildman–Crippen MR) is 113 cm³/mol. The number of hydrogen-bond donors (Lipinski definition) is 3. The van der Waals surface area contributed by atoms with Crippen molar-refractivity contribution < 1.29 is 19.4 Å². The number of primary amides is 1. The van der Waals surface area contributed by atoms with Gasteiger partial charge in [0.15, 0.2) is 5.69 Å². The van der Waals surface area contributed by atoms with Gasteiger partial charge in [-0.2, -0.15) is 0 Å². The quantitative estimate of drug-likeness (QED) is 0.536. The summed E-state index contributed by atoms with van der Waals surface area (Å²) in [6.07, 6.45) is 1.46. The number of nitrogens with zero attached hydrogens (tertiary/aromatic N) is 3. The van der Waals surface area contributed by atoms with Gasteiger partial charge in [-0.3, -0.25) is 9.59 Å². The van der Waals surface area contributed by atoms with Crippen molar-refractivity contribution in [2.24, 2.45) is 11.7 Å². The number of halogens is 1. The fraction of sp³-hybridized carbons (Fsp3) is 0.238. The minimum Gasteiger partial charge on any atom is -0.506 e. The Morgan fingerprint density at radius 1 is 1.23 bits per heavy atom. The molecule has 0 aliphatic carbocycles. The highest BCUT2D eigenvalue weighted by molar-refractivity contribution is 6.33. The molecule has 4 N–H and O–H groups in total. The van der Waals surface area contributed by atoms with E-state index < -0.39 is 11.8 Å². The number of ether oxygens (including phenoxy) is 1. The summed E-state index contributed by atoms with van der Waals surface area (Å²) in [6.45, 7) is 1.03. The molecular formula is C21H20ClN5O4. The van der Waals surface area contributed by atoms with Gasteiger partial charge < -0.3 is 20.9 Å². The van der Waals surface area contributed by atoms with Crippen molar-refractivity contribution in [2.45, 2.75) is 6.04 Å². The van der Waals surface area contributed by atoms with Gasteiger partial charge in [-0.05, 0) is 23.3 Å². The summed E-state index contributed by atoms with van der Waals surface area (Å²) in [5, 5.41) is 20.9. The number of nitrogens with two attached hydrogens (primary N) is 1. The summed E-state index contributed by atoms with van der Waals surface area (Å²) >= 11 is 6.17. The zero-order valence-electron chi connectivity index (χ0n) is 16.4. The van der Waals surface area contributed by atoms with Crippen LogP contribution in [0, 0.1) is 5.92 Å². The number of nitrogens with one attached hydrogen (secondary N) is 1. The summed E-state index contributed by atoms with van der Waals surface area (Å²) in [6, 6.07) is 12.4. The topological polar surface area (TPSA) is 132 Å². The van der Waals surface area contributed by atoms with Crippen LogP contribution in [0.25, 0.3) is 11.1 Å². The fourth-order valence-corrected chi connectivity index (χ4v) is 3.73. The highest BCUT2D eigenvalue weighted by atomic mass is 35.5. The van der Waals surface area contributed by atoms with Crippen LogP contribution in [0.15, 0.2) is 48.7 Å². The van der Waals surface area contributed by atoms with Gasteiger partial charge in [0.25, 0.3) is 11.8 Å². The molecule has 10 heteroatoms. The van der Waals surface area contributed by atoms with Crippen LogP contribution in [-0.4, -0.2) is 51.7 Å². The highest BCUT2D eigenvalue weighted by Crippen LogP contribution is 2.33. The van der Waals surface area contributed by atoms with E-state index in [1.165, 1.54) is 10.9 Å². The maximum absolute atomic E-state index is 12.8. The molecule has 0 bridgehead atoms. The number of carbonyl (C=O) groups excluding carboxylic acids is 2. The number of aromatic nitrogens is 3. The average molecular weight is 442 g/mol. The molecule has 1 aliphatic rings. The SMILES string of the molecule is NC(=O)c1cn([C@@H]2COC[C@H]2CNC(=O)c2cc(-c3ccccc3)cc(Cl)c2O)nn1. The third-order valence-electron chi connectivity index (χ3n) is 5.21. The number of benzene rings is 2. The molecule has 4 rings (SSSR count). The second-order valence-electron chi connectivity index (χ2n) is 7.24. The molecule has 160 valence electrons. The van der Waals surface area contributed by atoms with E-state index in [0.29, 0.717) is 13.2 Å². The molecule has 1 aliphatic heterocycles. The van der Waals surface area contributed by atoms with Gasteiger partial charge in [-0.15, -0.1) is 5.10 Å². The van der Waals surface area contributed by atoms with Crippen molar-refractivity contribution in [3.8, 4) is 16.9 Å². The summed E-state index contributed by atoms with van der Waals surface area (Å²) < 4.78 is 7.05. The van der Waals surface area contributed by atoms with Crippen LogP contribution >= 0.6 is 11.6 Å². The molecule has 0 unspecified atom stereocenters. The van der Waals surface area contributed by atoms with E-state index in [2.05, 4.69) is 15.6 Å². The van der Waals surface area contributed by atoms with Crippen LogP contribution in [0.2, 0.25) is 5.02 Å². The van der Waals surface area contributed by atoms with Crippen LogP contribution in [-0.2, 0) is 4.74 Å². The van der Waals surface area contributed by atoms with Crippen molar-refractivity contribution in [3.63, 3.8) is 0 Å². The zero-order chi connectivity index (χ0) is 22.0. The number of hydrogen-bond acceptors (Lipinski definition) is 6. The van der Waals surface area contributed by atoms with Gasteiger partial charge in [-0.1, -0.05) is 47.1 Å². The van der Waals surface area contributed by atoms with E-state index in [4.69, 9.17) is 22.1 Å². The lowest BCUT2D eigenvalue weighted by atomic mass is 10.0. The first-order valence-corrected chi connectivity index (χ1v) is 9.97. The van der Waals surface area contributed by atoms with Crippen LogP contribution in [0.4, 0.5) is 0 Å². The van der Waals surface area contributed by atoms with E-state index in [0.717, 1.165) is 11.1 Å². The van der Waals surface area contributed by atoms with Gasteiger partial charge in [0, 0.05) is 12.5 Å². The molecule has 2 heterocycles. The van der Waals surface area contributed by atoms with E-state index in [-0.39, 0.29) is 40.5 Å². The molecule has 0 radical (unpaired) electrons. The van der Waals surface area contributed by atoms with Crippen molar-refractivity contribution in [2.75, 3.05) is 19.8 Å². The first kappa shape index (κ1) is 20.8. The predicted octanol–water partition coefficient (Wildman–Crippen LogP) is 2.02. The zero-order valence-corrected chi connectivity index (χ0v) is 17.1. The maximum atomic E-state index is 12.8. The lowest BCUT2D eigenvalue weighted by molar-refractivity contribution is 0.0939. The monoisotopic (exact) mass is 441 g/mol. The Morgan fingerprint density at radius 3 is 2.71 bits per heavy atom. The number of amides is 2. The van der Waals surface area contributed by atoms with Crippen molar-refractivity contribution in [1.82, 2.24) is 20.3 Å². The Bertz CT molecular complexity index is 1120. The Kier molecular flexibility index (Phi) is 5.88. The molecule has 2 amide bonds. The molecule has 1 fully saturated rings. The van der Waals surface area contributed by atoms with Gasteiger partial charge in [0.1, 0.15) is 5.75 Å². The average Bonchev–Trinajstić information content (AvgIpc) is 3.44. The summed E-state index contributed by atoms with van der Waals surface area (Å²) in [5.41, 5.74) is 6.96. The van der Waals surface area contributed by atoms with E-state index in [1.54, 1.807) is 12.1 Å². The minimum atomic E-state index is -0.666. The fourth-order valence-electron chi connectivity index (χ4n) is 3.51. The normalized spacial score (nSPS) is 18.1. The van der Waals surface area contributed by atoms with Crippen molar-refractivity contribution >= 4 is 23.4 Å². The second-order valence-corrected chi connectivity index (χ2v) is 7.65. The van der Waals surface area contributed by atoms with Crippen LogP contribution in [0.3, 0.4) is 0 Å². The first-order chi connectivity index (χ1) is 14.9. The van der Waals surface area contributed by atoms with Crippen LogP contribution in [0.1, 0.15) is 26.9 Å². The summed E-state index contributed by atoms with van der Waals surface area (Å²) in [5.74, 6) is -1.51. The van der Waals surface area contributed by atoms with E-state index in [1.807, 2.05) is 30.3 Å². The van der Waals surface area contributed by atoms with E-state index >= 15 is 0 Å². The Hall–Kier alpha value is -3.43. The van der Waals surface area contributed by atoms with Crippen molar-refractivity contribution in [3.05, 3.63) is 64.9 Å². The molecule has 9 nitrogen and oxygen atoms in total. The third-order valence-corrected chi connectivity index (χ3v) is 5.50. The van der Waals surface area contributed by atoms with Crippen LogP contribution < -0.4 is 11.1 Å². The number of phenols is 1. The molecule has 1 aromatic heterocycles. The number of carbonyl (C=O) groups is 2. The molecule has 0 saturated carbocycles. The second kappa shape index (κ2) is 8.75. The van der Waals surface area contributed by atoms with Gasteiger partial charge >= 0.3 is 0 Å². The number of phenolic OH excluding ortho intramolecular Hbond substituents is 1. The Labute approximate surface area is 182 Å². The molecular weight excluding hydrogens is 422 g/mol. The van der Waals surface area contributed by atoms with Crippen LogP contribution in [0.5, 0.6) is 5.75 Å². The first-order valence-electron chi connectivity index (χ1n) is 9.59. The van der Waals surface area contributed by atoms with Gasteiger partial charge in [-0.25, -0.2) is 4.68 Å². The lowest BCUT2D eigenvalue weighted by Crippen LogP contribution is -2.33. The third kappa shape index (κ3) is 4.37. The lowest BCUT2D eigenvalue weighted by Gasteiger charge is -2.18. The number of rotatable bonds is 6. The van der Waals surface area contributed by atoms with Gasteiger partial charge in [0.2, 0.25) is 0 Å². The minimum absolute atomic E-state index is 0.0620. The molecule has 31 heavy (non-hydrogen) atoms. The Morgan fingerprint density at radius 2 is 2.00 bits per heavy atom. The summed E-state index contributed by atoms with van der Waals surface area (Å²) in [4.78, 5) is 24.1. The van der Waals surface area contributed by atoms with E-state index in [9.17, 15) is 14.7 Å². The highest BCUT2D eigenvalue weighted by Gasteiger charge is 2.32. The molecule has 0 spiro atoms. The summed E-state index contributed by atoms with van der Waals surface area (Å²) in [7, 11) is 0. The number of aromatic hydroxyl groups is 1. The smallest absolute Gasteiger partial charge is 0.270 e.